The van der Waals surface area contributed by atoms with Gasteiger partial charge in [-0.15, -0.1) is 5.10 Å². The first-order valence-electron chi connectivity index (χ1n) is 10.1. The molecule has 0 aliphatic carbocycles. The zero-order chi connectivity index (χ0) is 22.2. The highest BCUT2D eigenvalue weighted by Crippen LogP contribution is 2.33. The van der Waals surface area contributed by atoms with Crippen LogP contribution in [0.4, 0.5) is 24.7 Å². The second kappa shape index (κ2) is 8.30. The molecule has 2 atom stereocenters. The van der Waals surface area contributed by atoms with Crippen LogP contribution in [0.25, 0.3) is 10.9 Å². The molecule has 3 heterocycles. The highest BCUT2D eigenvalue weighted by Gasteiger charge is 2.31. The molecule has 1 aromatic carbocycles. The molecule has 9 heteroatoms. The number of hydrogen-bond donors (Lipinski definition) is 1. The van der Waals surface area contributed by atoms with Gasteiger partial charge in [-0.05, 0) is 44.0 Å². The molecule has 1 N–H and O–H groups in total. The summed E-state index contributed by atoms with van der Waals surface area (Å²) in [6, 6.07) is 6.89. The summed E-state index contributed by atoms with van der Waals surface area (Å²) in [7, 11) is 1.71. The molecule has 0 spiro atoms. The van der Waals surface area contributed by atoms with Gasteiger partial charge in [0.2, 0.25) is 0 Å². The number of nitrogens with one attached hydrogen (secondary N) is 1. The summed E-state index contributed by atoms with van der Waals surface area (Å²) >= 11 is 0. The highest BCUT2D eigenvalue weighted by molar-refractivity contribution is 5.92. The Hall–Kier alpha value is -2.94. The molecule has 0 bridgehead atoms. The molecule has 0 saturated carbocycles. The number of aryl methyl sites for hydroxylation is 1. The van der Waals surface area contributed by atoms with Crippen molar-refractivity contribution in [3.05, 3.63) is 53.3 Å². The molecule has 2 aromatic heterocycles. The number of benzene rings is 1. The predicted molar refractivity (Wildman–Crippen MR) is 113 cm³/mol. The number of methoxy groups -OCH3 is 1. The van der Waals surface area contributed by atoms with Crippen LogP contribution in [0.3, 0.4) is 0 Å². The molecule has 1 saturated heterocycles. The molecule has 164 valence electrons. The quantitative estimate of drug-likeness (QED) is 0.629. The number of alkyl halides is 3. The number of hydrogen-bond acceptors (Lipinski definition) is 6. The third-order valence-corrected chi connectivity index (χ3v) is 5.68. The maximum absolute atomic E-state index is 13.1. The first-order chi connectivity index (χ1) is 14.8. The number of aromatic nitrogens is 3. The van der Waals surface area contributed by atoms with E-state index in [2.05, 4.69) is 25.4 Å². The van der Waals surface area contributed by atoms with Crippen LogP contribution in [0.15, 0.2) is 36.5 Å². The molecule has 1 unspecified atom stereocenters. The van der Waals surface area contributed by atoms with Crippen LogP contribution in [0, 0.1) is 6.92 Å². The Morgan fingerprint density at radius 3 is 2.74 bits per heavy atom. The van der Waals surface area contributed by atoms with E-state index < -0.39 is 17.8 Å². The molecule has 0 amide bonds. The zero-order valence-corrected chi connectivity index (χ0v) is 17.6. The van der Waals surface area contributed by atoms with Crippen molar-refractivity contribution in [1.29, 1.82) is 0 Å². The minimum Gasteiger partial charge on any atom is -0.380 e. The first kappa shape index (κ1) is 21.3. The number of ether oxygens (including phenoxy) is 1. The SMILES string of the molecule is COC1CCN(c2cnc3c(C)nnc(N[C@H](C)c4cccc(C(F)(F)F)c4)c3c2)C1. The summed E-state index contributed by atoms with van der Waals surface area (Å²) in [5.74, 6) is 0.488. The Morgan fingerprint density at radius 2 is 2.03 bits per heavy atom. The third-order valence-electron chi connectivity index (χ3n) is 5.68. The lowest BCUT2D eigenvalue weighted by Gasteiger charge is -2.20. The maximum Gasteiger partial charge on any atom is 0.416 e. The standard InChI is InChI=1S/C22H24F3N5O/c1-13(15-5-4-6-16(9-15)22(23,24)25)27-21-19-10-17(30-8-7-18(12-30)31-3)11-26-20(19)14(2)28-29-21/h4-6,9-11,13,18H,7-8,12H2,1-3H3,(H,27,29)/t13-,18?/m1/s1. The lowest BCUT2D eigenvalue weighted by Crippen LogP contribution is -2.22. The first-order valence-corrected chi connectivity index (χ1v) is 10.1. The topological polar surface area (TPSA) is 63.2 Å². The van der Waals surface area contributed by atoms with Crippen molar-refractivity contribution in [2.45, 2.75) is 38.6 Å². The van der Waals surface area contributed by atoms with Crippen molar-refractivity contribution in [3.63, 3.8) is 0 Å². The Kier molecular flexibility index (Phi) is 5.70. The monoisotopic (exact) mass is 431 g/mol. The second-order valence-electron chi connectivity index (χ2n) is 7.81. The van der Waals surface area contributed by atoms with Crippen molar-refractivity contribution in [2.75, 3.05) is 30.4 Å². The lowest BCUT2D eigenvalue weighted by atomic mass is 10.0. The predicted octanol–water partition coefficient (Wildman–Crippen LogP) is 4.75. The summed E-state index contributed by atoms with van der Waals surface area (Å²) in [4.78, 5) is 6.79. The van der Waals surface area contributed by atoms with Gasteiger partial charge in [-0.1, -0.05) is 12.1 Å². The van der Waals surface area contributed by atoms with E-state index in [9.17, 15) is 13.2 Å². The van der Waals surface area contributed by atoms with E-state index in [4.69, 9.17) is 4.74 Å². The molecule has 31 heavy (non-hydrogen) atoms. The fraction of sp³-hybridized carbons (Fsp3) is 0.409. The van der Waals surface area contributed by atoms with Crippen molar-refractivity contribution >= 4 is 22.4 Å². The smallest absolute Gasteiger partial charge is 0.380 e. The van der Waals surface area contributed by atoms with E-state index in [-0.39, 0.29) is 6.10 Å². The van der Waals surface area contributed by atoms with Crippen LogP contribution >= 0.6 is 0 Å². The molecular weight excluding hydrogens is 407 g/mol. The van der Waals surface area contributed by atoms with Crippen LogP contribution in [-0.4, -0.2) is 41.5 Å². The number of halogens is 3. The van der Waals surface area contributed by atoms with Gasteiger partial charge in [-0.25, -0.2) is 0 Å². The average molecular weight is 431 g/mol. The van der Waals surface area contributed by atoms with Crippen LogP contribution < -0.4 is 10.2 Å². The number of anilines is 2. The van der Waals surface area contributed by atoms with Gasteiger partial charge in [0.05, 0.1) is 40.8 Å². The largest absolute Gasteiger partial charge is 0.416 e. The summed E-state index contributed by atoms with van der Waals surface area (Å²) in [5.41, 5.74) is 2.19. The maximum atomic E-state index is 13.1. The molecule has 4 rings (SSSR count). The van der Waals surface area contributed by atoms with Crippen molar-refractivity contribution < 1.29 is 17.9 Å². The molecular formula is C22H24F3N5O. The Balaban J connectivity index is 1.66. The van der Waals surface area contributed by atoms with Gasteiger partial charge in [-0.3, -0.25) is 4.98 Å². The Morgan fingerprint density at radius 1 is 1.23 bits per heavy atom. The molecule has 1 aliphatic heterocycles. The average Bonchev–Trinajstić information content (AvgIpc) is 3.24. The molecule has 0 radical (unpaired) electrons. The van der Waals surface area contributed by atoms with Gasteiger partial charge < -0.3 is 15.0 Å². The van der Waals surface area contributed by atoms with E-state index in [0.29, 0.717) is 22.6 Å². The molecule has 3 aromatic rings. The minimum atomic E-state index is -4.39. The van der Waals surface area contributed by atoms with Gasteiger partial charge in [0, 0.05) is 25.6 Å². The van der Waals surface area contributed by atoms with E-state index >= 15 is 0 Å². The summed E-state index contributed by atoms with van der Waals surface area (Å²) in [6.07, 6.45) is -1.44. The molecule has 1 aliphatic rings. The van der Waals surface area contributed by atoms with Crippen LogP contribution in [0.1, 0.15) is 36.2 Å². The van der Waals surface area contributed by atoms with Crippen LogP contribution in [0.5, 0.6) is 0 Å². The second-order valence-corrected chi connectivity index (χ2v) is 7.81. The van der Waals surface area contributed by atoms with E-state index in [1.54, 1.807) is 20.1 Å². The Bertz CT molecular complexity index is 1090. The normalized spacial score (nSPS) is 17.9. The number of pyridine rings is 1. The van der Waals surface area contributed by atoms with Gasteiger partial charge in [-0.2, -0.15) is 18.3 Å². The number of fused-ring (bicyclic) bond motifs is 1. The van der Waals surface area contributed by atoms with Gasteiger partial charge in [0.15, 0.2) is 5.82 Å². The van der Waals surface area contributed by atoms with Gasteiger partial charge in [0.1, 0.15) is 0 Å². The Labute approximate surface area is 178 Å². The van der Waals surface area contributed by atoms with E-state index in [1.165, 1.54) is 6.07 Å². The van der Waals surface area contributed by atoms with Crippen LogP contribution in [-0.2, 0) is 10.9 Å². The van der Waals surface area contributed by atoms with Crippen molar-refractivity contribution in [1.82, 2.24) is 15.2 Å². The minimum absolute atomic E-state index is 0.187. The zero-order valence-electron chi connectivity index (χ0n) is 17.6. The van der Waals surface area contributed by atoms with Gasteiger partial charge >= 0.3 is 6.18 Å². The van der Waals surface area contributed by atoms with E-state index in [1.807, 2.05) is 19.2 Å². The fourth-order valence-electron chi connectivity index (χ4n) is 3.86. The molecule has 1 fully saturated rings. The van der Waals surface area contributed by atoms with Crippen molar-refractivity contribution in [2.24, 2.45) is 0 Å². The van der Waals surface area contributed by atoms with E-state index in [0.717, 1.165) is 42.7 Å². The molecule has 6 nitrogen and oxygen atoms in total. The van der Waals surface area contributed by atoms with Gasteiger partial charge in [0.25, 0.3) is 0 Å². The fourth-order valence-corrected chi connectivity index (χ4v) is 3.86. The third kappa shape index (κ3) is 4.41. The number of rotatable bonds is 5. The summed E-state index contributed by atoms with van der Waals surface area (Å²) in [5, 5.41) is 12.5. The summed E-state index contributed by atoms with van der Waals surface area (Å²) < 4.78 is 44.7. The van der Waals surface area contributed by atoms with Crippen molar-refractivity contribution in [3.8, 4) is 0 Å². The number of nitrogens with zero attached hydrogens (tertiary/aromatic N) is 4. The lowest BCUT2D eigenvalue weighted by molar-refractivity contribution is -0.137. The van der Waals surface area contributed by atoms with Crippen LogP contribution in [0.2, 0.25) is 0 Å². The highest BCUT2D eigenvalue weighted by atomic mass is 19.4. The summed E-state index contributed by atoms with van der Waals surface area (Å²) in [6.45, 7) is 5.28.